The molecule has 1 saturated heterocycles. The minimum atomic E-state index is 0.411. The number of H-pyrrole nitrogens is 1. The Hall–Kier alpha value is -1.58. The third kappa shape index (κ3) is 1.98. The van der Waals surface area contributed by atoms with Crippen LogP contribution in [0.1, 0.15) is 29.3 Å². The fourth-order valence-electron chi connectivity index (χ4n) is 3.30. The molecule has 0 saturated carbocycles. The first-order chi connectivity index (χ1) is 9.93. The summed E-state index contributed by atoms with van der Waals surface area (Å²) in [4.78, 5) is 7.51. The Kier molecular flexibility index (Phi) is 3.09. The SMILES string of the molecule is c1csc(C(c2c[nH]c3ccccc23)N2CCCC2)c1. The van der Waals surface area contributed by atoms with Crippen molar-refractivity contribution in [2.75, 3.05) is 13.1 Å². The normalized spacial score (nSPS) is 17.8. The first kappa shape index (κ1) is 12.2. The van der Waals surface area contributed by atoms with E-state index < -0.39 is 0 Å². The summed E-state index contributed by atoms with van der Waals surface area (Å²) in [6, 6.07) is 13.5. The molecule has 0 amide bonds. The lowest BCUT2D eigenvalue weighted by Crippen LogP contribution is -2.25. The molecule has 3 aromatic rings. The molecular formula is C17H18N2S. The maximum absolute atomic E-state index is 3.43. The maximum atomic E-state index is 3.43. The van der Waals surface area contributed by atoms with Crippen LogP contribution in [0.15, 0.2) is 48.0 Å². The van der Waals surface area contributed by atoms with Gasteiger partial charge in [-0.2, -0.15) is 0 Å². The van der Waals surface area contributed by atoms with Gasteiger partial charge in [0, 0.05) is 22.0 Å². The monoisotopic (exact) mass is 282 g/mol. The van der Waals surface area contributed by atoms with Crippen LogP contribution < -0.4 is 0 Å². The third-order valence-corrected chi connectivity index (χ3v) is 5.16. The fraction of sp³-hybridized carbons (Fsp3) is 0.294. The molecule has 0 spiro atoms. The zero-order valence-electron chi connectivity index (χ0n) is 11.4. The van der Waals surface area contributed by atoms with Gasteiger partial charge in [-0.05, 0) is 49.0 Å². The third-order valence-electron chi connectivity index (χ3n) is 4.23. The van der Waals surface area contributed by atoms with E-state index in [-0.39, 0.29) is 0 Å². The number of rotatable bonds is 3. The fourth-order valence-corrected chi connectivity index (χ4v) is 4.17. The zero-order valence-corrected chi connectivity index (χ0v) is 12.2. The van der Waals surface area contributed by atoms with Gasteiger partial charge in [0.05, 0.1) is 6.04 Å². The highest BCUT2D eigenvalue weighted by Gasteiger charge is 2.27. The van der Waals surface area contributed by atoms with Gasteiger partial charge in [-0.15, -0.1) is 11.3 Å². The van der Waals surface area contributed by atoms with E-state index in [0.717, 1.165) is 0 Å². The molecular weight excluding hydrogens is 264 g/mol. The average molecular weight is 282 g/mol. The number of aromatic nitrogens is 1. The minimum Gasteiger partial charge on any atom is -0.361 e. The second-order valence-electron chi connectivity index (χ2n) is 5.45. The quantitative estimate of drug-likeness (QED) is 0.753. The first-order valence-electron chi connectivity index (χ1n) is 7.27. The number of para-hydroxylation sites is 1. The van der Waals surface area contributed by atoms with Gasteiger partial charge < -0.3 is 4.98 Å². The minimum absolute atomic E-state index is 0.411. The van der Waals surface area contributed by atoms with Gasteiger partial charge in [-0.3, -0.25) is 4.90 Å². The molecule has 2 nitrogen and oxygen atoms in total. The molecule has 1 atom stereocenters. The van der Waals surface area contributed by atoms with E-state index in [9.17, 15) is 0 Å². The number of aromatic amines is 1. The van der Waals surface area contributed by atoms with Gasteiger partial charge in [0.25, 0.3) is 0 Å². The molecule has 1 fully saturated rings. The van der Waals surface area contributed by atoms with Crippen molar-refractivity contribution in [1.29, 1.82) is 0 Å². The zero-order chi connectivity index (χ0) is 13.4. The van der Waals surface area contributed by atoms with Gasteiger partial charge in [-0.1, -0.05) is 24.3 Å². The van der Waals surface area contributed by atoms with Gasteiger partial charge in [0.15, 0.2) is 0 Å². The number of hydrogen-bond acceptors (Lipinski definition) is 2. The molecule has 0 aliphatic carbocycles. The Bertz CT molecular complexity index is 693. The molecule has 3 heterocycles. The molecule has 1 unspecified atom stereocenters. The predicted octanol–water partition coefficient (Wildman–Crippen LogP) is 4.41. The van der Waals surface area contributed by atoms with Gasteiger partial charge in [0.1, 0.15) is 0 Å². The topological polar surface area (TPSA) is 19.0 Å². The Balaban J connectivity index is 1.85. The summed E-state index contributed by atoms with van der Waals surface area (Å²) in [6.45, 7) is 2.42. The Morgan fingerprint density at radius 1 is 1.05 bits per heavy atom. The summed E-state index contributed by atoms with van der Waals surface area (Å²) in [5.74, 6) is 0. The van der Waals surface area contributed by atoms with Crippen molar-refractivity contribution in [2.24, 2.45) is 0 Å². The molecule has 3 heteroatoms. The Morgan fingerprint density at radius 2 is 1.90 bits per heavy atom. The van der Waals surface area contributed by atoms with Crippen LogP contribution in [-0.2, 0) is 0 Å². The van der Waals surface area contributed by atoms with Crippen LogP contribution in [-0.4, -0.2) is 23.0 Å². The molecule has 1 aliphatic rings. The Labute approximate surface area is 123 Å². The predicted molar refractivity (Wildman–Crippen MR) is 85.3 cm³/mol. The first-order valence-corrected chi connectivity index (χ1v) is 8.15. The number of thiophene rings is 1. The Morgan fingerprint density at radius 3 is 2.70 bits per heavy atom. The molecule has 20 heavy (non-hydrogen) atoms. The highest BCUT2D eigenvalue weighted by Crippen LogP contribution is 2.37. The van der Waals surface area contributed by atoms with Crippen molar-refractivity contribution in [3.05, 3.63) is 58.4 Å². The molecule has 2 aromatic heterocycles. The van der Waals surface area contributed by atoms with E-state index in [2.05, 4.69) is 57.9 Å². The van der Waals surface area contributed by atoms with Gasteiger partial charge >= 0.3 is 0 Å². The van der Waals surface area contributed by atoms with Crippen molar-refractivity contribution >= 4 is 22.2 Å². The molecule has 1 aliphatic heterocycles. The number of nitrogens with zero attached hydrogens (tertiary/aromatic N) is 1. The van der Waals surface area contributed by atoms with Gasteiger partial charge in [0.2, 0.25) is 0 Å². The van der Waals surface area contributed by atoms with E-state index in [1.807, 2.05) is 11.3 Å². The highest BCUT2D eigenvalue weighted by atomic mass is 32.1. The summed E-state index contributed by atoms with van der Waals surface area (Å²) < 4.78 is 0. The molecule has 0 bridgehead atoms. The largest absolute Gasteiger partial charge is 0.361 e. The average Bonchev–Trinajstić information content (AvgIpc) is 3.22. The van der Waals surface area contributed by atoms with E-state index in [1.165, 1.54) is 47.3 Å². The summed E-state index contributed by atoms with van der Waals surface area (Å²) >= 11 is 1.87. The van der Waals surface area contributed by atoms with Crippen LogP contribution in [0.4, 0.5) is 0 Å². The van der Waals surface area contributed by atoms with Crippen molar-refractivity contribution in [3.8, 4) is 0 Å². The smallest absolute Gasteiger partial charge is 0.0716 e. The van der Waals surface area contributed by atoms with Crippen LogP contribution in [0.5, 0.6) is 0 Å². The number of hydrogen-bond donors (Lipinski definition) is 1. The van der Waals surface area contributed by atoms with Crippen molar-refractivity contribution in [3.63, 3.8) is 0 Å². The lowest BCUT2D eigenvalue weighted by Gasteiger charge is -2.26. The van der Waals surface area contributed by atoms with Gasteiger partial charge in [-0.25, -0.2) is 0 Å². The maximum Gasteiger partial charge on any atom is 0.0716 e. The van der Waals surface area contributed by atoms with Crippen LogP contribution in [0.25, 0.3) is 10.9 Å². The number of fused-ring (bicyclic) bond motifs is 1. The van der Waals surface area contributed by atoms with Crippen molar-refractivity contribution in [1.82, 2.24) is 9.88 Å². The van der Waals surface area contributed by atoms with Crippen LogP contribution in [0, 0.1) is 0 Å². The molecule has 102 valence electrons. The van der Waals surface area contributed by atoms with Crippen LogP contribution >= 0.6 is 11.3 Å². The van der Waals surface area contributed by atoms with E-state index in [1.54, 1.807) is 0 Å². The second-order valence-corrected chi connectivity index (χ2v) is 6.43. The van der Waals surface area contributed by atoms with Crippen LogP contribution in [0.3, 0.4) is 0 Å². The van der Waals surface area contributed by atoms with Crippen LogP contribution in [0.2, 0.25) is 0 Å². The molecule has 1 N–H and O–H groups in total. The lowest BCUT2D eigenvalue weighted by atomic mass is 10.0. The number of nitrogens with one attached hydrogen (secondary N) is 1. The highest BCUT2D eigenvalue weighted by molar-refractivity contribution is 7.10. The summed E-state index contributed by atoms with van der Waals surface area (Å²) in [5, 5.41) is 3.55. The summed E-state index contributed by atoms with van der Waals surface area (Å²) in [5.41, 5.74) is 2.66. The lowest BCUT2D eigenvalue weighted by molar-refractivity contribution is 0.286. The standard InChI is InChI=1S/C17H18N2S/c1-2-7-15-13(6-1)14(12-18-15)17(16-8-5-11-20-16)19-9-3-4-10-19/h1-2,5-8,11-12,17-18H,3-4,9-10H2. The van der Waals surface area contributed by atoms with Crippen molar-refractivity contribution in [2.45, 2.75) is 18.9 Å². The summed E-state index contributed by atoms with van der Waals surface area (Å²) in [6.07, 6.45) is 4.85. The molecule has 0 radical (unpaired) electrons. The number of likely N-dealkylation sites (tertiary alicyclic amines) is 1. The van der Waals surface area contributed by atoms with Crippen molar-refractivity contribution < 1.29 is 0 Å². The van der Waals surface area contributed by atoms with E-state index in [0.29, 0.717) is 6.04 Å². The van der Waals surface area contributed by atoms with E-state index in [4.69, 9.17) is 0 Å². The summed E-state index contributed by atoms with van der Waals surface area (Å²) in [7, 11) is 0. The second kappa shape index (κ2) is 5.08. The molecule has 4 rings (SSSR count). The number of benzene rings is 1. The van der Waals surface area contributed by atoms with E-state index >= 15 is 0 Å². The molecule has 1 aromatic carbocycles.